The van der Waals surface area contributed by atoms with Gasteiger partial charge in [-0.2, -0.15) is 0 Å². The SMILES string of the molecule is COC(C)(C)c1cncc(-c2nc3ccc(F)cc3n2C2CC2)c1. The summed E-state index contributed by atoms with van der Waals surface area (Å²) in [6, 6.07) is 7.22. The Morgan fingerprint density at radius 1 is 1.21 bits per heavy atom. The van der Waals surface area contributed by atoms with Gasteiger partial charge in [0.2, 0.25) is 0 Å². The van der Waals surface area contributed by atoms with Crippen molar-refractivity contribution in [3.05, 3.63) is 48.0 Å². The van der Waals surface area contributed by atoms with E-state index in [1.54, 1.807) is 19.2 Å². The Morgan fingerprint density at radius 2 is 2.00 bits per heavy atom. The second-order valence-electron chi connectivity index (χ2n) is 6.85. The minimum Gasteiger partial charge on any atom is -0.374 e. The molecule has 0 saturated heterocycles. The van der Waals surface area contributed by atoms with Crippen LogP contribution < -0.4 is 0 Å². The number of hydrogen-bond acceptors (Lipinski definition) is 3. The molecule has 0 N–H and O–H groups in total. The quantitative estimate of drug-likeness (QED) is 0.711. The van der Waals surface area contributed by atoms with Gasteiger partial charge in [-0.3, -0.25) is 4.98 Å². The largest absolute Gasteiger partial charge is 0.374 e. The van der Waals surface area contributed by atoms with E-state index in [1.807, 2.05) is 26.2 Å². The Bertz CT molecular complexity index is 912. The third-order valence-electron chi connectivity index (χ3n) is 4.77. The standard InChI is InChI=1S/C19H20FN3O/c1-19(2,24-3)13-8-12(10-21-11-13)18-22-16-7-4-14(20)9-17(16)23(18)15-5-6-15/h4,7-11,15H,5-6H2,1-3H3. The molecule has 3 aromatic rings. The first-order valence-corrected chi connectivity index (χ1v) is 8.18. The molecule has 1 aliphatic rings. The number of nitrogens with zero attached hydrogens (tertiary/aromatic N) is 3. The normalized spacial score (nSPS) is 15.2. The Morgan fingerprint density at radius 3 is 2.71 bits per heavy atom. The van der Waals surface area contributed by atoms with Crippen LogP contribution in [0.25, 0.3) is 22.4 Å². The van der Waals surface area contributed by atoms with Crippen LogP contribution in [0.4, 0.5) is 4.39 Å². The van der Waals surface area contributed by atoms with Crippen molar-refractivity contribution in [1.29, 1.82) is 0 Å². The monoisotopic (exact) mass is 325 g/mol. The molecule has 4 rings (SSSR count). The maximum absolute atomic E-state index is 13.7. The molecule has 0 bridgehead atoms. The maximum Gasteiger partial charge on any atom is 0.142 e. The number of methoxy groups -OCH3 is 1. The van der Waals surface area contributed by atoms with Gasteiger partial charge >= 0.3 is 0 Å². The van der Waals surface area contributed by atoms with Gasteiger partial charge in [0.1, 0.15) is 11.6 Å². The van der Waals surface area contributed by atoms with E-state index in [0.29, 0.717) is 6.04 Å². The van der Waals surface area contributed by atoms with E-state index in [0.717, 1.165) is 40.8 Å². The van der Waals surface area contributed by atoms with Gasteiger partial charge in [0.05, 0.1) is 16.6 Å². The fraction of sp³-hybridized carbons (Fsp3) is 0.368. The highest BCUT2D eigenvalue weighted by Crippen LogP contribution is 2.41. The molecule has 2 heterocycles. The van der Waals surface area contributed by atoms with Crippen molar-refractivity contribution in [1.82, 2.24) is 14.5 Å². The third-order valence-corrected chi connectivity index (χ3v) is 4.77. The zero-order valence-corrected chi connectivity index (χ0v) is 14.1. The topological polar surface area (TPSA) is 39.9 Å². The minimum atomic E-state index is -0.425. The first-order valence-electron chi connectivity index (χ1n) is 8.18. The molecule has 1 saturated carbocycles. The van der Waals surface area contributed by atoms with E-state index in [2.05, 4.69) is 15.6 Å². The molecular formula is C19H20FN3O. The Kier molecular flexibility index (Phi) is 3.42. The summed E-state index contributed by atoms with van der Waals surface area (Å²) in [5.41, 5.74) is 3.16. The van der Waals surface area contributed by atoms with Crippen molar-refractivity contribution in [3.63, 3.8) is 0 Å². The smallest absolute Gasteiger partial charge is 0.142 e. The summed E-state index contributed by atoms with van der Waals surface area (Å²) >= 11 is 0. The van der Waals surface area contributed by atoms with Crippen LogP contribution in [0.3, 0.4) is 0 Å². The lowest BCUT2D eigenvalue weighted by Gasteiger charge is -2.23. The molecule has 1 fully saturated rings. The van der Waals surface area contributed by atoms with Crippen molar-refractivity contribution >= 4 is 11.0 Å². The molecule has 0 spiro atoms. The van der Waals surface area contributed by atoms with Gasteiger partial charge in [0.25, 0.3) is 0 Å². The maximum atomic E-state index is 13.7. The number of aromatic nitrogens is 3. The molecule has 2 aromatic heterocycles. The molecule has 0 radical (unpaired) electrons. The average molecular weight is 325 g/mol. The van der Waals surface area contributed by atoms with Crippen LogP contribution in [0.15, 0.2) is 36.7 Å². The van der Waals surface area contributed by atoms with E-state index in [9.17, 15) is 4.39 Å². The third kappa shape index (κ3) is 2.49. The van der Waals surface area contributed by atoms with Gasteiger partial charge in [0, 0.05) is 36.7 Å². The van der Waals surface area contributed by atoms with Gasteiger partial charge < -0.3 is 9.30 Å². The van der Waals surface area contributed by atoms with E-state index < -0.39 is 5.60 Å². The lowest BCUT2D eigenvalue weighted by molar-refractivity contribution is 0.0190. The first kappa shape index (κ1) is 15.3. The second kappa shape index (κ2) is 5.38. The Hall–Kier alpha value is -2.27. The number of ether oxygens (including phenoxy) is 1. The predicted octanol–water partition coefficient (Wildman–Crippen LogP) is 4.45. The summed E-state index contributed by atoms with van der Waals surface area (Å²) < 4.78 is 21.4. The predicted molar refractivity (Wildman–Crippen MR) is 91.2 cm³/mol. The number of benzene rings is 1. The van der Waals surface area contributed by atoms with E-state index in [4.69, 9.17) is 9.72 Å². The van der Waals surface area contributed by atoms with Crippen LogP contribution in [0, 0.1) is 5.82 Å². The molecule has 0 unspecified atom stereocenters. The van der Waals surface area contributed by atoms with Crippen molar-refractivity contribution in [2.75, 3.05) is 7.11 Å². The van der Waals surface area contributed by atoms with E-state index >= 15 is 0 Å². The highest BCUT2D eigenvalue weighted by atomic mass is 19.1. The van der Waals surface area contributed by atoms with Gasteiger partial charge in [-0.15, -0.1) is 0 Å². The van der Waals surface area contributed by atoms with Gasteiger partial charge in [-0.25, -0.2) is 9.37 Å². The summed E-state index contributed by atoms with van der Waals surface area (Å²) in [4.78, 5) is 9.13. The number of halogens is 1. The molecule has 0 amide bonds. The first-order chi connectivity index (χ1) is 11.5. The van der Waals surface area contributed by atoms with Crippen LogP contribution in [-0.2, 0) is 10.3 Å². The number of rotatable bonds is 4. The van der Waals surface area contributed by atoms with Crippen LogP contribution >= 0.6 is 0 Å². The summed E-state index contributed by atoms with van der Waals surface area (Å²) in [6.45, 7) is 4.01. The fourth-order valence-corrected chi connectivity index (χ4v) is 2.98. The molecule has 5 heteroatoms. The summed E-state index contributed by atoms with van der Waals surface area (Å²) in [7, 11) is 1.69. The second-order valence-corrected chi connectivity index (χ2v) is 6.85. The van der Waals surface area contributed by atoms with Gasteiger partial charge in [-0.1, -0.05) is 0 Å². The lowest BCUT2D eigenvalue weighted by Crippen LogP contribution is -2.19. The summed E-state index contributed by atoms with van der Waals surface area (Å²) in [5, 5.41) is 0. The van der Waals surface area contributed by atoms with Crippen molar-refractivity contribution < 1.29 is 9.13 Å². The number of pyridine rings is 1. The molecule has 1 aromatic carbocycles. The molecule has 0 atom stereocenters. The zero-order chi connectivity index (χ0) is 16.9. The van der Waals surface area contributed by atoms with Crippen LogP contribution in [-0.4, -0.2) is 21.6 Å². The molecule has 0 aliphatic heterocycles. The Balaban J connectivity index is 1.91. The van der Waals surface area contributed by atoms with E-state index in [1.165, 1.54) is 6.07 Å². The summed E-state index contributed by atoms with van der Waals surface area (Å²) in [6.07, 6.45) is 5.83. The van der Waals surface area contributed by atoms with Crippen LogP contribution in [0.2, 0.25) is 0 Å². The lowest BCUT2D eigenvalue weighted by atomic mass is 9.98. The van der Waals surface area contributed by atoms with E-state index in [-0.39, 0.29) is 5.82 Å². The highest BCUT2D eigenvalue weighted by molar-refractivity contribution is 5.81. The summed E-state index contributed by atoms with van der Waals surface area (Å²) in [5.74, 6) is 0.614. The van der Waals surface area contributed by atoms with Crippen molar-refractivity contribution in [2.45, 2.75) is 38.3 Å². The molecular weight excluding hydrogens is 305 g/mol. The zero-order valence-electron chi connectivity index (χ0n) is 14.1. The number of imidazole rings is 1. The molecule has 1 aliphatic carbocycles. The Labute approximate surface area is 140 Å². The van der Waals surface area contributed by atoms with Crippen LogP contribution in [0.5, 0.6) is 0 Å². The fourth-order valence-electron chi connectivity index (χ4n) is 2.98. The minimum absolute atomic E-state index is 0.233. The molecule has 4 nitrogen and oxygen atoms in total. The molecule has 124 valence electrons. The van der Waals surface area contributed by atoms with Crippen molar-refractivity contribution in [3.8, 4) is 11.4 Å². The van der Waals surface area contributed by atoms with Crippen molar-refractivity contribution in [2.24, 2.45) is 0 Å². The average Bonchev–Trinajstić information content (AvgIpc) is 3.35. The number of hydrogen-bond donors (Lipinski definition) is 0. The van der Waals surface area contributed by atoms with Gasteiger partial charge in [0.15, 0.2) is 0 Å². The highest BCUT2D eigenvalue weighted by Gasteiger charge is 2.29. The number of fused-ring (bicyclic) bond motifs is 1. The van der Waals surface area contributed by atoms with Crippen LogP contribution in [0.1, 0.15) is 38.3 Å². The van der Waals surface area contributed by atoms with Gasteiger partial charge in [-0.05, 0) is 51.0 Å². The molecule has 24 heavy (non-hydrogen) atoms.